The molecule has 1 saturated heterocycles. The van der Waals surface area contributed by atoms with Crippen LogP contribution in [0.1, 0.15) is 34.7 Å². The summed E-state index contributed by atoms with van der Waals surface area (Å²) in [5, 5.41) is 11.3. The van der Waals surface area contributed by atoms with Gasteiger partial charge in [0.1, 0.15) is 18.1 Å². The number of likely N-dealkylation sites (tertiary alicyclic amines) is 1. The van der Waals surface area contributed by atoms with Crippen LogP contribution in [0, 0.1) is 6.92 Å². The first-order valence-electron chi connectivity index (χ1n) is 12.0. The van der Waals surface area contributed by atoms with Gasteiger partial charge in [0.15, 0.2) is 0 Å². The lowest BCUT2D eigenvalue weighted by molar-refractivity contribution is -0.139. The first-order chi connectivity index (χ1) is 17.4. The lowest BCUT2D eigenvalue weighted by atomic mass is 9.95. The molecule has 1 aliphatic heterocycles. The number of ether oxygens (including phenoxy) is 1. The summed E-state index contributed by atoms with van der Waals surface area (Å²) < 4.78 is 5.95. The molecule has 1 aromatic heterocycles. The van der Waals surface area contributed by atoms with Crippen molar-refractivity contribution in [3.63, 3.8) is 0 Å². The molecular weight excluding hydrogens is 454 g/mol. The lowest BCUT2D eigenvalue weighted by Crippen LogP contribution is -2.32. The fourth-order valence-electron chi connectivity index (χ4n) is 4.41. The maximum absolute atomic E-state index is 13.2. The molecule has 1 fully saturated rings. The molecule has 7 nitrogen and oxygen atoms in total. The highest BCUT2D eigenvalue weighted by atomic mass is 16.5. The van der Waals surface area contributed by atoms with Gasteiger partial charge in [0.2, 0.25) is 0 Å². The van der Waals surface area contributed by atoms with Crippen molar-refractivity contribution in [2.24, 2.45) is 0 Å². The van der Waals surface area contributed by atoms with Crippen molar-refractivity contribution in [1.82, 2.24) is 14.8 Å². The zero-order valence-corrected chi connectivity index (χ0v) is 20.8. The molecule has 1 aliphatic rings. The van der Waals surface area contributed by atoms with E-state index in [4.69, 9.17) is 4.74 Å². The topological polar surface area (TPSA) is 83.0 Å². The summed E-state index contributed by atoms with van der Waals surface area (Å²) in [6.07, 6.45) is 3.95. The Hall–Kier alpha value is -3.97. The predicted octanol–water partition coefficient (Wildman–Crippen LogP) is 4.34. The summed E-state index contributed by atoms with van der Waals surface area (Å²) in [5.41, 5.74) is 3.15. The second-order valence-corrected chi connectivity index (χ2v) is 9.18. The predicted molar refractivity (Wildman–Crippen MR) is 138 cm³/mol. The van der Waals surface area contributed by atoms with Gasteiger partial charge in [-0.1, -0.05) is 30.3 Å². The van der Waals surface area contributed by atoms with Crippen LogP contribution >= 0.6 is 0 Å². The molecule has 7 heteroatoms. The third-order valence-electron chi connectivity index (χ3n) is 6.25. The van der Waals surface area contributed by atoms with Crippen molar-refractivity contribution in [2.45, 2.75) is 26.0 Å². The van der Waals surface area contributed by atoms with Crippen molar-refractivity contribution < 1.29 is 19.4 Å². The number of nitrogens with zero attached hydrogens (tertiary/aromatic N) is 3. The molecule has 0 radical (unpaired) electrons. The van der Waals surface area contributed by atoms with Crippen LogP contribution in [-0.4, -0.2) is 58.8 Å². The van der Waals surface area contributed by atoms with Gasteiger partial charge in [0.25, 0.3) is 11.7 Å². The van der Waals surface area contributed by atoms with E-state index in [1.165, 1.54) is 0 Å². The van der Waals surface area contributed by atoms with Gasteiger partial charge < -0.3 is 19.6 Å². The molecule has 2 aromatic carbocycles. The van der Waals surface area contributed by atoms with Gasteiger partial charge in [-0.3, -0.25) is 14.6 Å². The molecule has 1 atom stereocenters. The number of rotatable bonds is 9. The van der Waals surface area contributed by atoms with Crippen molar-refractivity contribution >= 4 is 17.4 Å². The Morgan fingerprint density at radius 2 is 1.78 bits per heavy atom. The molecule has 36 heavy (non-hydrogen) atoms. The molecule has 0 unspecified atom stereocenters. The molecule has 3 aromatic rings. The standard InChI is InChI=1S/C29H31N3O4/c1-20-18-23(10-11-24(20)36-19-21-8-5-4-6-9-21)27(33)25-26(22-12-14-30-15-13-22)32(29(35)28(25)34)17-7-16-31(2)3/h4-6,8-15,18,26,33H,7,16-17,19H2,1-3H3/t26-/m0/s1. The van der Waals surface area contributed by atoms with Gasteiger partial charge in [-0.25, -0.2) is 0 Å². The van der Waals surface area contributed by atoms with Crippen LogP contribution < -0.4 is 4.74 Å². The highest BCUT2D eigenvalue weighted by molar-refractivity contribution is 6.46. The number of aliphatic hydroxyl groups excluding tert-OH is 1. The number of amides is 1. The Bertz CT molecular complexity index is 1260. The molecule has 0 saturated carbocycles. The largest absolute Gasteiger partial charge is 0.507 e. The van der Waals surface area contributed by atoms with Gasteiger partial charge in [-0.15, -0.1) is 0 Å². The number of pyridine rings is 1. The Morgan fingerprint density at radius 3 is 2.44 bits per heavy atom. The zero-order valence-electron chi connectivity index (χ0n) is 20.8. The van der Waals surface area contributed by atoms with E-state index in [-0.39, 0.29) is 11.3 Å². The summed E-state index contributed by atoms with van der Waals surface area (Å²) in [6, 6.07) is 18.0. The third kappa shape index (κ3) is 5.47. The number of carbonyl (C=O) groups is 2. The van der Waals surface area contributed by atoms with E-state index in [2.05, 4.69) is 4.98 Å². The van der Waals surface area contributed by atoms with Gasteiger partial charge in [0, 0.05) is 24.5 Å². The second-order valence-electron chi connectivity index (χ2n) is 9.18. The summed E-state index contributed by atoms with van der Waals surface area (Å²) >= 11 is 0. The van der Waals surface area contributed by atoms with Crippen LogP contribution in [0.15, 0.2) is 78.6 Å². The van der Waals surface area contributed by atoms with Crippen molar-refractivity contribution in [1.29, 1.82) is 0 Å². The van der Waals surface area contributed by atoms with Gasteiger partial charge in [-0.05, 0) is 81.0 Å². The van der Waals surface area contributed by atoms with Crippen LogP contribution in [0.3, 0.4) is 0 Å². The molecule has 0 aliphatic carbocycles. The molecule has 2 heterocycles. The van der Waals surface area contributed by atoms with Gasteiger partial charge in [0.05, 0.1) is 11.6 Å². The van der Waals surface area contributed by atoms with E-state index in [0.717, 1.165) is 23.2 Å². The molecular formula is C29H31N3O4. The van der Waals surface area contributed by atoms with Crippen molar-refractivity contribution in [3.8, 4) is 5.75 Å². The highest BCUT2D eigenvalue weighted by Gasteiger charge is 2.45. The number of benzene rings is 2. The monoisotopic (exact) mass is 485 g/mol. The van der Waals surface area contributed by atoms with E-state index in [0.29, 0.717) is 30.9 Å². The minimum Gasteiger partial charge on any atom is -0.507 e. The molecule has 1 amide bonds. The second kappa shape index (κ2) is 11.2. The Labute approximate surface area is 211 Å². The van der Waals surface area contributed by atoms with E-state index < -0.39 is 17.7 Å². The van der Waals surface area contributed by atoms with Crippen LogP contribution in [-0.2, 0) is 16.2 Å². The summed E-state index contributed by atoms with van der Waals surface area (Å²) in [5.74, 6) is -0.786. The maximum Gasteiger partial charge on any atom is 0.295 e. The number of carbonyl (C=O) groups excluding carboxylic acids is 2. The van der Waals surface area contributed by atoms with Gasteiger partial charge in [-0.2, -0.15) is 0 Å². The van der Waals surface area contributed by atoms with E-state index in [9.17, 15) is 14.7 Å². The summed E-state index contributed by atoms with van der Waals surface area (Å²) in [6.45, 7) is 3.48. The van der Waals surface area contributed by atoms with Crippen LogP contribution in [0.5, 0.6) is 5.75 Å². The molecule has 0 spiro atoms. The number of ketones is 1. The molecule has 186 valence electrons. The fraction of sp³-hybridized carbons (Fsp3) is 0.276. The molecule has 0 bridgehead atoms. The Kier molecular flexibility index (Phi) is 7.80. The van der Waals surface area contributed by atoms with Crippen molar-refractivity contribution in [2.75, 3.05) is 27.2 Å². The minimum atomic E-state index is -0.679. The fourth-order valence-corrected chi connectivity index (χ4v) is 4.41. The highest BCUT2D eigenvalue weighted by Crippen LogP contribution is 2.39. The Morgan fingerprint density at radius 1 is 1.06 bits per heavy atom. The van der Waals surface area contributed by atoms with Crippen LogP contribution in [0.4, 0.5) is 0 Å². The molecule has 1 N–H and O–H groups in total. The van der Waals surface area contributed by atoms with Gasteiger partial charge >= 0.3 is 0 Å². The summed E-state index contributed by atoms with van der Waals surface area (Å²) in [7, 11) is 3.92. The Balaban J connectivity index is 1.66. The number of aromatic nitrogens is 1. The average Bonchev–Trinajstić information content (AvgIpc) is 3.13. The summed E-state index contributed by atoms with van der Waals surface area (Å²) in [4.78, 5) is 33.8. The quantitative estimate of drug-likeness (QED) is 0.276. The third-order valence-corrected chi connectivity index (χ3v) is 6.25. The minimum absolute atomic E-state index is 0.0911. The number of hydrogen-bond donors (Lipinski definition) is 1. The average molecular weight is 486 g/mol. The number of aliphatic hydroxyl groups is 1. The number of hydrogen-bond acceptors (Lipinski definition) is 6. The first kappa shape index (κ1) is 25.1. The maximum atomic E-state index is 13.2. The first-order valence-corrected chi connectivity index (χ1v) is 12.0. The number of Topliss-reactive ketones (excluding diaryl/α,β-unsaturated/α-hetero) is 1. The lowest BCUT2D eigenvalue weighted by Gasteiger charge is -2.25. The number of aryl methyl sites for hydroxylation is 1. The van der Waals surface area contributed by atoms with Crippen LogP contribution in [0.25, 0.3) is 5.76 Å². The molecule has 4 rings (SSSR count). The van der Waals surface area contributed by atoms with Crippen LogP contribution in [0.2, 0.25) is 0 Å². The zero-order chi connectivity index (χ0) is 25.7. The van der Waals surface area contributed by atoms with Crippen molar-refractivity contribution in [3.05, 3.63) is 101 Å². The normalized spacial score (nSPS) is 17.1. The SMILES string of the molecule is Cc1cc(C(O)=C2C(=O)C(=O)N(CCCN(C)C)[C@H]2c2ccncc2)ccc1OCc1ccccc1. The van der Waals surface area contributed by atoms with E-state index in [1.54, 1.807) is 47.6 Å². The van der Waals surface area contributed by atoms with E-state index in [1.807, 2.05) is 56.3 Å². The smallest absolute Gasteiger partial charge is 0.295 e. The van der Waals surface area contributed by atoms with E-state index >= 15 is 0 Å².